The SMILES string of the molecule is Cc1cc2c(c3c1C(=O)/C(=C/c1ccccc1)O3)CN(Cc1ccccn1)CO2. The fourth-order valence-electron chi connectivity index (χ4n) is 3.80. The fourth-order valence-corrected chi connectivity index (χ4v) is 3.80. The molecule has 0 aliphatic carbocycles. The smallest absolute Gasteiger partial charge is 0.232 e. The molecule has 2 aliphatic rings. The van der Waals surface area contributed by atoms with Crippen molar-refractivity contribution in [3.63, 3.8) is 0 Å². The number of ketones is 1. The van der Waals surface area contributed by atoms with Gasteiger partial charge in [-0.05, 0) is 42.3 Å². The number of pyridine rings is 1. The van der Waals surface area contributed by atoms with Crippen molar-refractivity contribution in [3.05, 3.63) is 94.5 Å². The van der Waals surface area contributed by atoms with Gasteiger partial charge in [0.15, 0.2) is 5.76 Å². The lowest BCUT2D eigenvalue weighted by atomic mass is 9.98. The lowest BCUT2D eigenvalue weighted by Gasteiger charge is -2.29. The fraction of sp³-hybridized carbons (Fsp3) is 0.167. The molecule has 2 aromatic carbocycles. The summed E-state index contributed by atoms with van der Waals surface area (Å²) in [6.07, 6.45) is 3.58. The van der Waals surface area contributed by atoms with Gasteiger partial charge in [-0.2, -0.15) is 0 Å². The molecule has 29 heavy (non-hydrogen) atoms. The van der Waals surface area contributed by atoms with E-state index in [9.17, 15) is 4.79 Å². The number of benzene rings is 2. The highest BCUT2D eigenvalue weighted by Gasteiger charge is 2.35. The van der Waals surface area contributed by atoms with Gasteiger partial charge >= 0.3 is 0 Å². The average Bonchev–Trinajstić information content (AvgIpc) is 3.07. The average molecular weight is 384 g/mol. The quantitative estimate of drug-likeness (QED) is 0.628. The van der Waals surface area contributed by atoms with Crippen LogP contribution in [0.1, 0.15) is 32.7 Å². The summed E-state index contributed by atoms with van der Waals surface area (Å²) < 4.78 is 12.1. The third-order valence-electron chi connectivity index (χ3n) is 5.20. The summed E-state index contributed by atoms with van der Waals surface area (Å²) in [6, 6.07) is 17.5. The molecule has 1 aromatic heterocycles. The second-order valence-corrected chi connectivity index (χ2v) is 7.31. The minimum absolute atomic E-state index is 0.0778. The number of aryl methyl sites for hydroxylation is 1. The minimum atomic E-state index is -0.0778. The van der Waals surface area contributed by atoms with E-state index in [2.05, 4.69) is 9.88 Å². The zero-order valence-corrected chi connectivity index (χ0v) is 16.1. The summed E-state index contributed by atoms with van der Waals surface area (Å²) >= 11 is 0. The molecular formula is C24H20N2O3. The van der Waals surface area contributed by atoms with Crippen LogP contribution in [-0.2, 0) is 13.1 Å². The van der Waals surface area contributed by atoms with Crippen LogP contribution in [0.25, 0.3) is 6.08 Å². The van der Waals surface area contributed by atoms with Gasteiger partial charge < -0.3 is 9.47 Å². The summed E-state index contributed by atoms with van der Waals surface area (Å²) in [5, 5.41) is 0. The molecule has 0 spiro atoms. The van der Waals surface area contributed by atoms with Gasteiger partial charge in [0.05, 0.1) is 16.8 Å². The van der Waals surface area contributed by atoms with E-state index in [1.807, 2.05) is 61.5 Å². The highest BCUT2D eigenvalue weighted by atomic mass is 16.5. The number of nitrogens with zero attached hydrogens (tertiary/aromatic N) is 2. The zero-order chi connectivity index (χ0) is 19.8. The number of carbonyl (C=O) groups excluding carboxylic acids is 1. The van der Waals surface area contributed by atoms with Crippen molar-refractivity contribution in [1.29, 1.82) is 0 Å². The Morgan fingerprint density at radius 2 is 1.97 bits per heavy atom. The molecule has 5 heteroatoms. The van der Waals surface area contributed by atoms with Gasteiger partial charge in [0.25, 0.3) is 0 Å². The van der Waals surface area contributed by atoms with Crippen molar-refractivity contribution < 1.29 is 14.3 Å². The van der Waals surface area contributed by atoms with Gasteiger partial charge in [-0.3, -0.25) is 14.7 Å². The zero-order valence-electron chi connectivity index (χ0n) is 16.1. The topological polar surface area (TPSA) is 51.7 Å². The standard InChI is InChI=1S/C24H20N2O3/c1-16-11-20-19(14-26(15-28-20)13-18-9-5-6-10-25-18)24-22(16)23(27)21(29-24)12-17-7-3-2-4-8-17/h2-12H,13-15H2,1H3/b21-12-. The summed E-state index contributed by atoms with van der Waals surface area (Å²) in [6.45, 7) is 3.71. The molecule has 0 atom stereocenters. The monoisotopic (exact) mass is 384 g/mol. The van der Waals surface area contributed by atoms with E-state index in [1.165, 1.54) is 0 Å². The molecule has 0 saturated heterocycles. The molecule has 0 bridgehead atoms. The van der Waals surface area contributed by atoms with Crippen molar-refractivity contribution in [2.45, 2.75) is 20.0 Å². The van der Waals surface area contributed by atoms with Crippen molar-refractivity contribution in [3.8, 4) is 11.5 Å². The number of allylic oxidation sites excluding steroid dienone is 1. The Balaban J connectivity index is 1.48. The van der Waals surface area contributed by atoms with Crippen molar-refractivity contribution in [1.82, 2.24) is 9.88 Å². The molecule has 0 radical (unpaired) electrons. The molecule has 0 amide bonds. The molecule has 3 heterocycles. The highest BCUT2D eigenvalue weighted by Crippen LogP contribution is 2.44. The van der Waals surface area contributed by atoms with Crippen LogP contribution in [0, 0.1) is 6.92 Å². The predicted octanol–water partition coefficient (Wildman–Crippen LogP) is 4.36. The van der Waals surface area contributed by atoms with Crippen molar-refractivity contribution in [2.75, 3.05) is 6.73 Å². The van der Waals surface area contributed by atoms with Crippen LogP contribution in [0.2, 0.25) is 0 Å². The number of carbonyl (C=O) groups is 1. The summed E-state index contributed by atoms with van der Waals surface area (Å²) in [7, 11) is 0. The van der Waals surface area contributed by atoms with Gasteiger partial charge in [0.2, 0.25) is 5.78 Å². The first-order chi connectivity index (χ1) is 14.2. The Kier molecular flexibility index (Phi) is 4.37. The number of aromatic nitrogens is 1. The Morgan fingerprint density at radius 3 is 2.76 bits per heavy atom. The van der Waals surface area contributed by atoms with Crippen LogP contribution < -0.4 is 9.47 Å². The van der Waals surface area contributed by atoms with Gasteiger partial charge in [-0.15, -0.1) is 0 Å². The van der Waals surface area contributed by atoms with Crippen LogP contribution in [0.3, 0.4) is 0 Å². The molecule has 2 aliphatic heterocycles. The van der Waals surface area contributed by atoms with Crippen LogP contribution in [-0.4, -0.2) is 22.4 Å². The second kappa shape index (κ2) is 7.18. The van der Waals surface area contributed by atoms with Crippen LogP contribution in [0.5, 0.6) is 11.5 Å². The number of hydrogen-bond donors (Lipinski definition) is 0. The van der Waals surface area contributed by atoms with E-state index < -0.39 is 0 Å². The maximum absolute atomic E-state index is 13.0. The first-order valence-electron chi connectivity index (χ1n) is 9.60. The summed E-state index contributed by atoms with van der Waals surface area (Å²) in [5.41, 5.74) is 4.33. The van der Waals surface area contributed by atoms with E-state index in [0.29, 0.717) is 36.9 Å². The maximum atomic E-state index is 13.0. The lowest BCUT2D eigenvalue weighted by Crippen LogP contribution is -2.32. The highest BCUT2D eigenvalue weighted by molar-refractivity contribution is 6.15. The maximum Gasteiger partial charge on any atom is 0.232 e. The van der Waals surface area contributed by atoms with Crippen molar-refractivity contribution in [2.24, 2.45) is 0 Å². The number of ether oxygens (including phenoxy) is 2. The number of hydrogen-bond acceptors (Lipinski definition) is 5. The molecule has 5 nitrogen and oxygen atoms in total. The minimum Gasteiger partial charge on any atom is -0.478 e. The molecule has 0 saturated carbocycles. The van der Waals surface area contributed by atoms with E-state index >= 15 is 0 Å². The van der Waals surface area contributed by atoms with Gasteiger partial charge in [-0.1, -0.05) is 36.4 Å². The molecule has 144 valence electrons. The first-order valence-corrected chi connectivity index (χ1v) is 9.60. The molecule has 0 unspecified atom stereocenters. The third kappa shape index (κ3) is 3.30. The largest absolute Gasteiger partial charge is 0.478 e. The van der Waals surface area contributed by atoms with E-state index in [0.717, 1.165) is 28.1 Å². The Hall–Kier alpha value is -3.44. The first kappa shape index (κ1) is 17.6. The number of Topliss-reactive ketones (excluding diaryl/α,β-unsaturated/α-hetero) is 1. The van der Waals surface area contributed by atoms with E-state index in [4.69, 9.17) is 9.47 Å². The van der Waals surface area contributed by atoms with Crippen LogP contribution >= 0.6 is 0 Å². The van der Waals surface area contributed by atoms with Gasteiger partial charge in [-0.25, -0.2) is 0 Å². The van der Waals surface area contributed by atoms with E-state index in [1.54, 1.807) is 12.3 Å². The molecule has 3 aromatic rings. The van der Waals surface area contributed by atoms with Crippen molar-refractivity contribution >= 4 is 11.9 Å². The summed E-state index contributed by atoms with van der Waals surface area (Å²) in [4.78, 5) is 19.6. The van der Waals surface area contributed by atoms with Gasteiger partial charge in [0.1, 0.15) is 18.2 Å². The lowest BCUT2D eigenvalue weighted by molar-refractivity contribution is 0.0861. The Morgan fingerprint density at radius 1 is 1.14 bits per heavy atom. The third-order valence-corrected chi connectivity index (χ3v) is 5.20. The normalized spacial score (nSPS) is 16.9. The molecule has 5 rings (SSSR count). The van der Waals surface area contributed by atoms with Crippen LogP contribution in [0.15, 0.2) is 66.6 Å². The molecular weight excluding hydrogens is 364 g/mol. The Labute approximate surface area is 169 Å². The van der Waals surface area contributed by atoms with Crippen LogP contribution in [0.4, 0.5) is 0 Å². The number of rotatable bonds is 3. The second-order valence-electron chi connectivity index (χ2n) is 7.31. The predicted molar refractivity (Wildman–Crippen MR) is 110 cm³/mol. The molecule has 0 fully saturated rings. The number of fused-ring (bicyclic) bond motifs is 3. The summed E-state index contributed by atoms with van der Waals surface area (Å²) in [5.74, 6) is 1.68. The Bertz CT molecular complexity index is 1110. The van der Waals surface area contributed by atoms with Gasteiger partial charge in [0, 0.05) is 19.3 Å². The van der Waals surface area contributed by atoms with E-state index in [-0.39, 0.29) is 5.78 Å². The molecule has 0 N–H and O–H groups in total.